The Hall–Kier alpha value is -3.95. The number of amides is 1. The minimum atomic E-state index is -4.24. The molecule has 3 aromatic carbocycles. The van der Waals surface area contributed by atoms with Gasteiger partial charge >= 0.3 is 0 Å². The van der Waals surface area contributed by atoms with E-state index in [-0.39, 0.29) is 10.6 Å². The van der Waals surface area contributed by atoms with Gasteiger partial charge in [0.1, 0.15) is 12.4 Å². The van der Waals surface area contributed by atoms with Gasteiger partial charge in [-0.1, -0.05) is 41.4 Å². The Morgan fingerprint density at radius 2 is 1.68 bits per heavy atom. The lowest BCUT2D eigenvalue weighted by Crippen LogP contribution is -2.40. The van der Waals surface area contributed by atoms with Crippen LogP contribution in [0.15, 0.2) is 88.9 Å². The summed E-state index contributed by atoms with van der Waals surface area (Å²) < 4.78 is 44.2. The number of carbonyl (C=O) groups is 1. The van der Waals surface area contributed by atoms with Gasteiger partial charge < -0.3 is 4.57 Å². The maximum Gasteiger partial charge on any atom is 0.264 e. The van der Waals surface area contributed by atoms with Crippen LogP contribution in [0.4, 0.5) is 10.1 Å². The number of nitrogens with one attached hydrogen (secondary N) is 1. The third-order valence-corrected chi connectivity index (χ3v) is 7.99. The minimum Gasteiger partial charge on any atom is -0.318 e. The van der Waals surface area contributed by atoms with E-state index < -0.39 is 28.3 Å². The van der Waals surface area contributed by atoms with E-state index in [0.29, 0.717) is 5.02 Å². The fraction of sp³-hybridized carbons (Fsp3) is 0.143. The zero-order chi connectivity index (χ0) is 27.4. The van der Waals surface area contributed by atoms with Gasteiger partial charge in [-0.05, 0) is 75.4 Å². The number of rotatable bonds is 8. The molecule has 7 nitrogen and oxygen atoms in total. The van der Waals surface area contributed by atoms with E-state index in [1.165, 1.54) is 36.5 Å². The van der Waals surface area contributed by atoms with Crippen LogP contribution in [-0.2, 0) is 14.8 Å². The lowest BCUT2D eigenvalue weighted by molar-refractivity contribution is -0.119. The Morgan fingerprint density at radius 1 is 1.03 bits per heavy atom. The molecule has 38 heavy (non-hydrogen) atoms. The third-order valence-electron chi connectivity index (χ3n) is 5.97. The van der Waals surface area contributed by atoms with E-state index in [1.807, 2.05) is 43.5 Å². The molecule has 1 amide bonds. The molecule has 1 aromatic heterocycles. The highest BCUT2D eigenvalue weighted by Gasteiger charge is 2.29. The van der Waals surface area contributed by atoms with E-state index in [9.17, 15) is 17.6 Å². The zero-order valence-electron chi connectivity index (χ0n) is 21.0. The molecule has 0 saturated heterocycles. The molecule has 4 rings (SSSR count). The SMILES string of the molecule is Cc1ccc(S(=O)(=O)N(CC(=O)N/N=C\c2cc(C)n(-c3ccc(Cl)cc3)c2C)c2ccccc2F)cc1. The molecular formula is C28H26ClFN4O3S. The average molecular weight is 553 g/mol. The second kappa shape index (κ2) is 11.2. The summed E-state index contributed by atoms with van der Waals surface area (Å²) in [7, 11) is -4.24. The highest BCUT2D eigenvalue weighted by molar-refractivity contribution is 7.92. The molecule has 1 N–H and O–H groups in total. The van der Waals surface area contributed by atoms with Gasteiger partial charge in [0.05, 0.1) is 16.8 Å². The van der Waals surface area contributed by atoms with E-state index in [0.717, 1.165) is 38.6 Å². The first-order valence-corrected chi connectivity index (χ1v) is 13.5. The number of sulfonamides is 1. The molecule has 0 aliphatic rings. The molecule has 196 valence electrons. The van der Waals surface area contributed by atoms with Crippen LogP contribution in [0.1, 0.15) is 22.5 Å². The van der Waals surface area contributed by atoms with Crippen LogP contribution in [0.3, 0.4) is 0 Å². The molecule has 0 atom stereocenters. The standard InChI is InChI=1S/C28H26ClFN4O3S/c1-19-8-14-25(15-9-19)38(36,37)33(27-7-5-4-6-26(27)30)18-28(35)32-31-17-22-16-20(2)34(21(22)3)24-12-10-23(29)11-13-24/h4-17H,18H2,1-3H3,(H,32,35)/b31-17-. The first-order chi connectivity index (χ1) is 18.1. The molecule has 0 radical (unpaired) electrons. The van der Waals surface area contributed by atoms with Crippen molar-refractivity contribution in [1.82, 2.24) is 9.99 Å². The number of para-hydroxylation sites is 1. The Bertz CT molecular complexity index is 1600. The number of hydrogen-bond donors (Lipinski definition) is 1. The van der Waals surface area contributed by atoms with Crippen molar-refractivity contribution in [2.75, 3.05) is 10.8 Å². The van der Waals surface area contributed by atoms with Crippen LogP contribution in [0.2, 0.25) is 5.02 Å². The van der Waals surface area contributed by atoms with Crippen LogP contribution in [0.5, 0.6) is 0 Å². The van der Waals surface area contributed by atoms with Crippen molar-refractivity contribution in [3.8, 4) is 5.69 Å². The Balaban J connectivity index is 1.56. The van der Waals surface area contributed by atoms with Gasteiger partial charge in [0, 0.05) is 27.7 Å². The Kier molecular flexibility index (Phi) is 7.99. The molecular weight excluding hydrogens is 527 g/mol. The Labute approximate surface area is 226 Å². The number of halogens is 2. The van der Waals surface area contributed by atoms with Crippen molar-refractivity contribution >= 4 is 39.4 Å². The van der Waals surface area contributed by atoms with Gasteiger partial charge in [-0.2, -0.15) is 5.10 Å². The van der Waals surface area contributed by atoms with E-state index in [2.05, 4.69) is 10.5 Å². The van der Waals surface area contributed by atoms with Crippen molar-refractivity contribution in [2.24, 2.45) is 5.10 Å². The average Bonchev–Trinajstić information content (AvgIpc) is 3.16. The number of hydrazone groups is 1. The number of anilines is 1. The predicted octanol–water partition coefficient (Wildman–Crippen LogP) is 5.54. The number of benzene rings is 3. The monoisotopic (exact) mass is 552 g/mol. The smallest absolute Gasteiger partial charge is 0.264 e. The van der Waals surface area contributed by atoms with Gasteiger partial charge in [-0.25, -0.2) is 18.2 Å². The van der Waals surface area contributed by atoms with Crippen LogP contribution >= 0.6 is 11.6 Å². The third kappa shape index (κ3) is 5.79. The summed E-state index contributed by atoms with van der Waals surface area (Å²) in [4.78, 5) is 12.7. The van der Waals surface area contributed by atoms with Crippen molar-refractivity contribution in [2.45, 2.75) is 25.7 Å². The number of aryl methyl sites for hydroxylation is 2. The van der Waals surface area contributed by atoms with Crippen LogP contribution in [0.25, 0.3) is 5.69 Å². The lowest BCUT2D eigenvalue weighted by Gasteiger charge is -2.24. The molecule has 1 heterocycles. The normalized spacial score (nSPS) is 11.6. The number of aromatic nitrogens is 1. The molecule has 0 spiro atoms. The van der Waals surface area contributed by atoms with Crippen LogP contribution < -0.4 is 9.73 Å². The molecule has 0 aliphatic heterocycles. The molecule has 0 aliphatic carbocycles. The maximum atomic E-state index is 14.6. The first kappa shape index (κ1) is 27.1. The second-order valence-corrected chi connectivity index (χ2v) is 11.0. The van der Waals surface area contributed by atoms with E-state index in [1.54, 1.807) is 24.3 Å². The van der Waals surface area contributed by atoms with Gasteiger partial charge in [-0.3, -0.25) is 9.10 Å². The fourth-order valence-corrected chi connectivity index (χ4v) is 5.59. The highest BCUT2D eigenvalue weighted by atomic mass is 35.5. The van der Waals surface area contributed by atoms with Gasteiger partial charge in [0.15, 0.2) is 0 Å². The summed E-state index contributed by atoms with van der Waals surface area (Å²) in [6, 6.07) is 20.8. The molecule has 0 saturated carbocycles. The van der Waals surface area contributed by atoms with Gasteiger partial charge in [0.25, 0.3) is 15.9 Å². The molecule has 0 fully saturated rings. The quantitative estimate of drug-likeness (QED) is 0.230. The van der Waals surface area contributed by atoms with Gasteiger partial charge in [-0.15, -0.1) is 0 Å². The van der Waals surface area contributed by atoms with Crippen LogP contribution in [0, 0.1) is 26.6 Å². The summed E-state index contributed by atoms with van der Waals surface area (Å²) >= 11 is 6.00. The summed E-state index contributed by atoms with van der Waals surface area (Å²) in [5.41, 5.74) is 6.51. The number of hydrogen-bond acceptors (Lipinski definition) is 4. The van der Waals surface area contributed by atoms with Crippen molar-refractivity contribution in [1.29, 1.82) is 0 Å². The van der Waals surface area contributed by atoms with E-state index >= 15 is 0 Å². The van der Waals surface area contributed by atoms with Crippen molar-refractivity contribution < 1.29 is 17.6 Å². The minimum absolute atomic E-state index is 0.0581. The van der Waals surface area contributed by atoms with Crippen molar-refractivity contribution in [3.05, 3.63) is 112 Å². The summed E-state index contributed by atoms with van der Waals surface area (Å²) in [6.45, 7) is 5.01. The number of carbonyl (C=O) groups excluding carboxylic acids is 1. The lowest BCUT2D eigenvalue weighted by atomic mass is 10.2. The fourth-order valence-electron chi connectivity index (χ4n) is 4.04. The van der Waals surface area contributed by atoms with E-state index in [4.69, 9.17) is 11.6 Å². The number of nitrogens with zero attached hydrogens (tertiary/aromatic N) is 3. The molecule has 0 unspecified atom stereocenters. The highest BCUT2D eigenvalue weighted by Crippen LogP contribution is 2.26. The summed E-state index contributed by atoms with van der Waals surface area (Å²) in [5.74, 6) is -1.50. The van der Waals surface area contributed by atoms with Crippen LogP contribution in [-0.4, -0.2) is 31.7 Å². The zero-order valence-corrected chi connectivity index (χ0v) is 22.6. The summed E-state index contributed by atoms with van der Waals surface area (Å²) in [6.07, 6.45) is 1.48. The van der Waals surface area contributed by atoms with Gasteiger partial charge in [0.2, 0.25) is 0 Å². The topological polar surface area (TPSA) is 83.8 Å². The maximum absolute atomic E-state index is 14.6. The first-order valence-electron chi connectivity index (χ1n) is 11.7. The molecule has 4 aromatic rings. The molecule has 10 heteroatoms. The second-order valence-electron chi connectivity index (χ2n) is 8.71. The predicted molar refractivity (Wildman–Crippen MR) is 148 cm³/mol. The van der Waals surface area contributed by atoms with Crippen molar-refractivity contribution in [3.63, 3.8) is 0 Å². The summed E-state index contributed by atoms with van der Waals surface area (Å²) in [5, 5.41) is 4.66. The molecule has 0 bridgehead atoms. The largest absolute Gasteiger partial charge is 0.318 e. The Morgan fingerprint density at radius 3 is 2.34 bits per heavy atom.